The quantitative estimate of drug-likeness (QED) is 0.435. The lowest BCUT2D eigenvalue weighted by molar-refractivity contribution is -0.133. The number of Topliss-reactive ketones (excluding diaryl/α,β-unsaturated/α-hetero) is 1. The molecule has 2 aliphatic rings. The fourth-order valence-corrected chi connectivity index (χ4v) is 3.01. The molecule has 0 aromatic heterocycles. The van der Waals surface area contributed by atoms with Gasteiger partial charge in [-0.15, -0.1) is 11.6 Å². The molecule has 1 aliphatic heterocycles. The molecule has 0 spiro atoms. The molecule has 0 radical (unpaired) electrons. The number of halogens is 1. The lowest BCUT2D eigenvalue weighted by Crippen LogP contribution is -2.48. The Balaban J connectivity index is 1.88. The standard InChI is InChI=1S/C17H25ClO4/c1-12(2)13-10-14(19)17(3,18)15(11-13)20-8-9-22-16-6-4-5-7-21-16/h8-9,13,15-16H,1,4-7,10-11H2,2-3H3/b9-8+/t13-,15+,16?,17+/m1/s1. The van der Waals surface area contributed by atoms with E-state index in [-0.39, 0.29) is 24.1 Å². The molecule has 1 saturated heterocycles. The van der Waals surface area contributed by atoms with Gasteiger partial charge in [0.1, 0.15) is 23.5 Å². The van der Waals surface area contributed by atoms with Gasteiger partial charge in [-0.1, -0.05) is 12.2 Å². The molecule has 2 rings (SSSR count). The first-order chi connectivity index (χ1) is 10.4. The lowest BCUT2D eigenvalue weighted by atomic mass is 9.76. The number of hydrogen-bond acceptors (Lipinski definition) is 4. The molecule has 0 amide bonds. The summed E-state index contributed by atoms with van der Waals surface area (Å²) in [6.07, 6.45) is 6.56. The highest BCUT2D eigenvalue weighted by molar-refractivity contribution is 6.35. The van der Waals surface area contributed by atoms with E-state index >= 15 is 0 Å². The Morgan fingerprint density at radius 1 is 1.41 bits per heavy atom. The molecule has 0 bridgehead atoms. The molecule has 2 fully saturated rings. The van der Waals surface area contributed by atoms with Crippen LogP contribution >= 0.6 is 11.6 Å². The normalized spacial score (nSPS) is 36.3. The first-order valence-corrected chi connectivity index (χ1v) is 8.24. The average molecular weight is 329 g/mol. The highest BCUT2D eigenvalue weighted by Gasteiger charge is 2.46. The molecule has 0 aromatic carbocycles. The predicted molar refractivity (Wildman–Crippen MR) is 85.5 cm³/mol. The zero-order chi connectivity index (χ0) is 16.2. The van der Waals surface area contributed by atoms with Crippen LogP contribution in [-0.4, -0.2) is 29.7 Å². The van der Waals surface area contributed by atoms with E-state index in [1.165, 1.54) is 12.5 Å². The van der Waals surface area contributed by atoms with Gasteiger partial charge in [-0.2, -0.15) is 0 Å². The molecule has 1 aliphatic carbocycles. The van der Waals surface area contributed by atoms with E-state index in [4.69, 9.17) is 25.8 Å². The van der Waals surface area contributed by atoms with Crippen LogP contribution in [0.1, 0.15) is 46.0 Å². The summed E-state index contributed by atoms with van der Waals surface area (Å²) in [5.74, 6) is 0.128. The largest absolute Gasteiger partial charge is 0.493 e. The van der Waals surface area contributed by atoms with E-state index in [1.807, 2.05) is 6.92 Å². The molecule has 0 N–H and O–H groups in total. The van der Waals surface area contributed by atoms with E-state index in [9.17, 15) is 4.79 Å². The second-order valence-electron chi connectivity index (χ2n) is 6.31. The van der Waals surface area contributed by atoms with Gasteiger partial charge in [0.15, 0.2) is 12.1 Å². The van der Waals surface area contributed by atoms with Crippen molar-refractivity contribution in [3.05, 3.63) is 24.7 Å². The SMILES string of the molecule is C=C(C)[C@@H]1CC(=O)[C@](C)(Cl)[C@@H](O/C=C/OC2CCCCO2)C1. The zero-order valence-electron chi connectivity index (χ0n) is 13.3. The molecule has 4 atom stereocenters. The maximum Gasteiger partial charge on any atom is 0.199 e. The van der Waals surface area contributed by atoms with Gasteiger partial charge in [0.25, 0.3) is 0 Å². The van der Waals surface area contributed by atoms with E-state index in [0.29, 0.717) is 12.8 Å². The van der Waals surface area contributed by atoms with Gasteiger partial charge in [-0.25, -0.2) is 0 Å². The summed E-state index contributed by atoms with van der Waals surface area (Å²) in [4.78, 5) is 11.2. The molecule has 1 unspecified atom stereocenters. The third-order valence-electron chi connectivity index (χ3n) is 4.44. The molecule has 1 heterocycles. The van der Waals surface area contributed by atoms with Gasteiger partial charge >= 0.3 is 0 Å². The van der Waals surface area contributed by atoms with Crippen molar-refractivity contribution in [3.63, 3.8) is 0 Å². The maximum absolute atomic E-state index is 12.2. The average Bonchev–Trinajstić information content (AvgIpc) is 2.48. The van der Waals surface area contributed by atoms with Crippen molar-refractivity contribution >= 4 is 17.4 Å². The molecule has 4 nitrogen and oxygen atoms in total. The number of allylic oxidation sites excluding steroid dienone is 1. The van der Waals surface area contributed by atoms with Crippen molar-refractivity contribution in [3.8, 4) is 0 Å². The first kappa shape index (κ1) is 17.4. The highest BCUT2D eigenvalue weighted by Crippen LogP contribution is 2.38. The van der Waals surface area contributed by atoms with Crippen LogP contribution in [0.2, 0.25) is 0 Å². The number of carbonyl (C=O) groups is 1. The summed E-state index contributed by atoms with van der Waals surface area (Å²) in [6.45, 7) is 8.33. The topological polar surface area (TPSA) is 44.8 Å². The highest BCUT2D eigenvalue weighted by atomic mass is 35.5. The molecule has 1 saturated carbocycles. The summed E-state index contributed by atoms with van der Waals surface area (Å²) in [7, 11) is 0. The van der Waals surface area contributed by atoms with Gasteiger partial charge < -0.3 is 14.2 Å². The minimum Gasteiger partial charge on any atom is -0.493 e. The number of rotatable bonds is 5. The molecule has 124 valence electrons. The third-order valence-corrected chi connectivity index (χ3v) is 4.90. The number of ketones is 1. The minimum atomic E-state index is -1.00. The summed E-state index contributed by atoms with van der Waals surface area (Å²) >= 11 is 6.38. The Labute approximate surface area is 137 Å². The van der Waals surface area contributed by atoms with Crippen LogP contribution in [0.15, 0.2) is 24.7 Å². The van der Waals surface area contributed by atoms with Crippen molar-refractivity contribution in [2.45, 2.75) is 63.2 Å². The van der Waals surface area contributed by atoms with E-state index in [1.54, 1.807) is 6.92 Å². The van der Waals surface area contributed by atoms with Crippen LogP contribution < -0.4 is 0 Å². The van der Waals surface area contributed by atoms with Crippen molar-refractivity contribution in [2.75, 3.05) is 6.61 Å². The Kier molecular flexibility index (Phi) is 5.93. The Hall–Kier alpha value is -1.00. The van der Waals surface area contributed by atoms with E-state index < -0.39 is 4.87 Å². The molecular formula is C17H25ClO4. The van der Waals surface area contributed by atoms with Crippen LogP contribution in [-0.2, 0) is 19.0 Å². The summed E-state index contributed by atoms with van der Waals surface area (Å²) in [6, 6.07) is 0. The van der Waals surface area contributed by atoms with E-state index in [2.05, 4.69) is 6.58 Å². The first-order valence-electron chi connectivity index (χ1n) is 7.86. The molecule has 22 heavy (non-hydrogen) atoms. The number of ether oxygens (including phenoxy) is 3. The maximum atomic E-state index is 12.2. The second-order valence-corrected chi connectivity index (χ2v) is 7.10. The van der Waals surface area contributed by atoms with Crippen molar-refractivity contribution in [1.29, 1.82) is 0 Å². The second kappa shape index (κ2) is 7.51. The van der Waals surface area contributed by atoms with Crippen LogP contribution in [0.25, 0.3) is 0 Å². The summed E-state index contributed by atoms with van der Waals surface area (Å²) in [5.41, 5.74) is 0.991. The van der Waals surface area contributed by atoms with Crippen molar-refractivity contribution in [2.24, 2.45) is 5.92 Å². The lowest BCUT2D eigenvalue weighted by Gasteiger charge is -2.38. The Morgan fingerprint density at radius 3 is 2.77 bits per heavy atom. The molecule has 5 heteroatoms. The number of hydrogen-bond donors (Lipinski definition) is 0. The van der Waals surface area contributed by atoms with Crippen LogP contribution in [0, 0.1) is 5.92 Å². The zero-order valence-corrected chi connectivity index (χ0v) is 14.1. The van der Waals surface area contributed by atoms with Gasteiger partial charge in [-0.3, -0.25) is 4.79 Å². The Morgan fingerprint density at radius 2 is 2.14 bits per heavy atom. The summed E-state index contributed by atoms with van der Waals surface area (Å²) < 4.78 is 16.6. The van der Waals surface area contributed by atoms with Gasteiger partial charge in [0.2, 0.25) is 0 Å². The Bertz CT molecular complexity index is 438. The van der Waals surface area contributed by atoms with Crippen molar-refractivity contribution < 1.29 is 19.0 Å². The third kappa shape index (κ3) is 4.26. The number of carbonyl (C=O) groups excluding carboxylic acids is 1. The fraction of sp³-hybridized carbons (Fsp3) is 0.706. The van der Waals surface area contributed by atoms with E-state index in [0.717, 1.165) is 31.4 Å². The predicted octanol–water partition coefficient (Wildman–Crippen LogP) is 3.94. The monoisotopic (exact) mass is 328 g/mol. The van der Waals surface area contributed by atoms with Crippen LogP contribution in [0.3, 0.4) is 0 Å². The van der Waals surface area contributed by atoms with Gasteiger partial charge in [0, 0.05) is 12.8 Å². The molecule has 0 aromatic rings. The molecular weight excluding hydrogens is 304 g/mol. The van der Waals surface area contributed by atoms with Gasteiger partial charge in [0.05, 0.1) is 6.61 Å². The smallest absolute Gasteiger partial charge is 0.199 e. The number of alkyl halides is 1. The minimum absolute atomic E-state index is 0.00310. The van der Waals surface area contributed by atoms with Crippen molar-refractivity contribution in [1.82, 2.24) is 0 Å². The summed E-state index contributed by atoms with van der Waals surface area (Å²) in [5, 5.41) is 0. The van der Waals surface area contributed by atoms with Crippen LogP contribution in [0.5, 0.6) is 0 Å². The van der Waals surface area contributed by atoms with Gasteiger partial charge in [-0.05, 0) is 39.0 Å². The van der Waals surface area contributed by atoms with Crippen LogP contribution in [0.4, 0.5) is 0 Å². The fourth-order valence-electron chi connectivity index (χ4n) is 2.79.